The van der Waals surface area contributed by atoms with Crippen LogP contribution >= 0.6 is 0 Å². The maximum absolute atomic E-state index is 5.78. The van der Waals surface area contributed by atoms with Crippen LogP contribution < -0.4 is 5.73 Å². The van der Waals surface area contributed by atoms with Crippen LogP contribution in [-0.2, 0) is 0 Å². The van der Waals surface area contributed by atoms with Crippen LogP contribution in [0.3, 0.4) is 0 Å². The molecule has 2 heteroatoms. The first-order valence-electron chi connectivity index (χ1n) is 5.95. The lowest BCUT2D eigenvalue weighted by atomic mass is 9.99. The van der Waals surface area contributed by atoms with Gasteiger partial charge in [-0.2, -0.15) is 0 Å². The molecule has 2 N–H and O–H groups in total. The van der Waals surface area contributed by atoms with Crippen molar-refractivity contribution in [1.29, 1.82) is 0 Å². The Morgan fingerprint density at radius 2 is 2.06 bits per heavy atom. The van der Waals surface area contributed by atoms with Crippen LogP contribution in [0.5, 0.6) is 0 Å². The molecule has 0 aliphatic heterocycles. The summed E-state index contributed by atoms with van der Waals surface area (Å²) >= 11 is 0. The van der Waals surface area contributed by atoms with Gasteiger partial charge in [0, 0.05) is 29.9 Å². The number of hydrogen-bond donors (Lipinski definition) is 1. The standard InChI is InChI=1S/C15H18N2/c1-11(2)13(8-16)7-14-10-17-9-12-5-3-4-6-15(12)14/h3-7,9-11H,8,16H2,1-2H3/b13-7+. The molecule has 0 saturated heterocycles. The van der Waals surface area contributed by atoms with E-state index in [4.69, 9.17) is 5.73 Å². The summed E-state index contributed by atoms with van der Waals surface area (Å²) in [5.41, 5.74) is 8.18. The monoisotopic (exact) mass is 226 g/mol. The molecule has 0 spiro atoms. The van der Waals surface area contributed by atoms with Crippen molar-refractivity contribution in [3.63, 3.8) is 0 Å². The third-order valence-electron chi connectivity index (χ3n) is 3.02. The van der Waals surface area contributed by atoms with Crippen LogP contribution in [0.25, 0.3) is 16.8 Å². The number of benzene rings is 1. The molecule has 0 unspecified atom stereocenters. The molecule has 0 saturated carbocycles. The number of rotatable bonds is 3. The van der Waals surface area contributed by atoms with E-state index in [-0.39, 0.29) is 0 Å². The molecule has 0 aliphatic rings. The largest absolute Gasteiger partial charge is 0.327 e. The zero-order chi connectivity index (χ0) is 12.3. The van der Waals surface area contributed by atoms with Gasteiger partial charge >= 0.3 is 0 Å². The quantitative estimate of drug-likeness (QED) is 0.872. The first-order valence-corrected chi connectivity index (χ1v) is 5.95. The molecule has 0 amide bonds. The molecule has 1 heterocycles. The van der Waals surface area contributed by atoms with Gasteiger partial charge in [-0.1, -0.05) is 49.8 Å². The lowest BCUT2D eigenvalue weighted by Gasteiger charge is -2.09. The summed E-state index contributed by atoms with van der Waals surface area (Å²) in [4.78, 5) is 4.27. The third kappa shape index (κ3) is 2.53. The summed E-state index contributed by atoms with van der Waals surface area (Å²) in [5, 5.41) is 2.40. The highest BCUT2D eigenvalue weighted by Crippen LogP contribution is 2.21. The van der Waals surface area contributed by atoms with Crippen LogP contribution in [-0.4, -0.2) is 11.5 Å². The number of pyridine rings is 1. The van der Waals surface area contributed by atoms with Crippen LogP contribution in [0.4, 0.5) is 0 Å². The SMILES string of the molecule is CC(C)/C(=C/c1cncc2ccccc12)CN. The van der Waals surface area contributed by atoms with Crippen molar-refractivity contribution in [2.24, 2.45) is 11.7 Å². The summed E-state index contributed by atoms with van der Waals surface area (Å²) in [6.07, 6.45) is 5.96. The van der Waals surface area contributed by atoms with Crippen LogP contribution in [0, 0.1) is 5.92 Å². The van der Waals surface area contributed by atoms with E-state index < -0.39 is 0 Å². The lowest BCUT2D eigenvalue weighted by molar-refractivity contribution is 0.753. The summed E-state index contributed by atoms with van der Waals surface area (Å²) in [6, 6.07) is 8.29. The number of aromatic nitrogens is 1. The van der Waals surface area contributed by atoms with E-state index in [0.717, 1.165) is 5.56 Å². The Balaban J connectivity index is 2.56. The Morgan fingerprint density at radius 3 is 2.76 bits per heavy atom. The second-order valence-electron chi connectivity index (χ2n) is 4.53. The maximum Gasteiger partial charge on any atom is 0.0346 e. The van der Waals surface area contributed by atoms with E-state index in [1.165, 1.54) is 16.3 Å². The summed E-state index contributed by atoms with van der Waals surface area (Å²) in [5.74, 6) is 0.471. The van der Waals surface area contributed by atoms with Gasteiger partial charge in [0.1, 0.15) is 0 Å². The number of hydrogen-bond acceptors (Lipinski definition) is 2. The molecule has 1 aromatic heterocycles. The van der Waals surface area contributed by atoms with Crippen molar-refractivity contribution in [3.05, 3.63) is 47.8 Å². The summed E-state index contributed by atoms with van der Waals surface area (Å²) in [7, 11) is 0. The van der Waals surface area contributed by atoms with Crippen molar-refractivity contribution in [2.75, 3.05) is 6.54 Å². The van der Waals surface area contributed by atoms with Gasteiger partial charge in [-0.25, -0.2) is 0 Å². The predicted octanol–water partition coefficient (Wildman–Crippen LogP) is 3.23. The van der Waals surface area contributed by atoms with Gasteiger partial charge in [0.15, 0.2) is 0 Å². The van der Waals surface area contributed by atoms with E-state index >= 15 is 0 Å². The minimum Gasteiger partial charge on any atom is -0.327 e. The molecule has 2 aromatic rings. The Labute approximate surface area is 102 Å². The molecular formula is C15H18N2. The second-order valence-corrected chi connectivity index (χ2v) is 4.53. The van der Waals surface area contributed by atoms with Crippen molar-refractivity contribution in [1.82, 2.24) is 4.98 Å². The average molecular weight is 226 g/mol. The van der Waals surface area contributed by atoms with Gasteiger partial charge < -0.3 is 5.73 Å². The van der Waals surface area contributed by atoms with Gasteiger partial charge in [0.25, 0.3) is 0 Å². The first-order chi connectivity index (χ1) is 8.22. The first kappa shape index (κ1) is 11.8. The topological polar surface area (TPSA) is 38.9 Å². The summed E-state index contributed by atoms with van der Waals surface area (Å²) < 4.78 is 0. The fourth-order valence-corrected chi connectivity index (χ4v) is 1.92. The minimum absolute atomic E-state index is 0.471. The van der Waals surface area contributed by atoms with Gasteiger partial charge in [0.2, 0.25) is 0 Å². The molecule has 0 atom stereocenters. The van der Waals surface area contributed by atoms with Gasteiger partial charge in [-0.05, 0) is 11.3 Å². The smallest absolute Gasteiger partial charge is 0.0346 e. The fourth-order valence-electron chi connectivity index (χ4n) is 1.92. The Kier molecular flexibility index (Phi) is 3.55. The van der Waals surface area contributed by atoms with Crippen LogP contribution in [0.2, 0.25) is 0 Å². The second kappa shape index (κ2) is 5.11. The van der Waals surface area contributed by atoms with Crippen LogP contribution in [0.15, 0.2) is 42.2 Å². The normalized spacial score (nSPS) is 12.4. The highest BCUT2D eigenvalue weighted by molar-refractivity contribution is 5.89. The summed E-state index contributed by atoms with van der Waals surface area (Å²) in [6.45, 7) is 4.93. The van der Waals surface area contributed by atoms with Crippen molar-refractivity contribution < 1.29 is 0 Å². The van der Waals surface area contributed by atoms with Crippen molar-refractivity contribution in [3.8, 4) is 0 Å². The highest BCUT2D eigenvalue weighted by atomic mass is 14.6. The molecule has 0 fully saturated rings. The van der Waals surface area contributed by atoms with E-state index in [2.05, 4.69) is 43.1 Å². The molecule has 88 valence electrons. The molecule has 17 heavy (non-hydrogen) atoms. The molecule has 2 rings (SSSR count). The Morgan fingerprint density at radius 1 is 1.29 bits per heavy atom. The molecule has 0 bridgehead atoms. The number of nitrogens with two attached hydrogens (primary N) is 1. The van der Waals surface area contributed by atoms with Crippen molar-refractivity contribution >= 4 is 16.8 Å². The third-order valence-corrected chi connectivity index (χ3v) is 3.02. The van der Waals surface area contributed by atoms with Gasteiger partial charge in [0.05, 0.1) is 0 Å². The predicted molar refractivity (Wildman–Crippen MR) is 73.6 cm³/mol. The molecule has 0 radical (unpaired) electrons. The average Bonchev–Trinajstić information content (AvgIpc) is 2.35. The van der Waals surface area contributed by atoms with E-state index in [0.29, 0.717) is 12.5 Å². The number of nitrogens with zero attached hydrogens (tertiary/aromatic N) is 1. The highest BCUT2D eigenvalue weighted by Gasteiger charge is 2.03. The zero-order valence-electron chi connectivity index (χ0n) is 10.4. The Hall–Kier alpha value is -1.67. The van der Waals surface area contributed by atoms with E-state index in [1.54, 1.807) is 0 Å². The zero-order valence-corrected chi connectivity index (χ0v) is 10.4. The molecule has 0 aliphatic carbocycles. The minimum atomic E-state index is 0.471. The van der Waals surface area contributed by atoms with Crippen LogP contribution in [0.1, 0.15) is 19.4 Å². The Bertz CT molecular complexity index is 536. The van der Waals surface area contributed by atoms with E-state index in [9.17, 15) is 0 Å². The van der Waals surface area contributed by atoms with Gasteiger partial charge in [-0.3, -0.25) is 4.98 Å². The maximum atomic E-state index is 5.78. The number of fused-ring (bicyclic) bond motifs is 1. The molecule has 2 nitrogen and oxygen atoms in total. The molecular weight excluding hydrogens is 208 g/mol. The lowest BCUT2D eigenvalue weighted by Crippen LogP contribution is -2.08. The van der Waals surface area contributed by atoms with Crippen molar-refractivity contribution in [2.45, 2.75) is 13.8 Å². The van der Waals surface area contributed by atoms with E-state index in [1.807, 2.05) is 18.5 Å². The molecule has 1 aromatic carbocycles. The van der Waals surface area contributed by atoms with Gasteiger partial charge in [-0.15, -0.1) is 0 Å². The fraction of sp³-hybridized carbons (Fsp3) is 0.267.